The lowest BCUT2D eigenvalue weighted by Crippen LogP contribution is -1.95. The molecule has 1 aromatic heterocycles. The molecule has 4 rings (SSSR count). The van der Waals surface area contributed by atoms with Crippen LogP contribution >= 0.6 is 0 Å². The average Bonchev–Trinajstić information content (AvgIpc) is 3.15. The lowest BCUT2D eigenvalue weighted by atomic mass is 9.87. The Morgan fingerprint density at radius 3 is 2.31 bits per heavy atom. The van der Waals surface area contributed by atoms with Crippen LogP contribution in [0.2, 0.25) is 0 Å². The number of hydrogen-bond donors (Lipinski definition) is 1. The maximum atomic E-state index is 4.17. The van der Waals surface area contributed by atoms with Gasteiger partial charge in [-0.3, -0.25) is 5.10 Å². The van der Waals surface area contributed by atoms with Crippen LogP contribution in [0.25, 0.3) is 22.0 Å². The number of fused-ring (bicyclic) bond motifs is 1. The van der Waals surface area contributed by atoms with Crippen molar-refractivity contribution >= 4 is 22.0 Å². The highest BCUT2D eigenvalue weighted by Crippen LogP contribution is 2.35. The number of benzene rings is 3. The van der Waals surface area contributed by atoms with Crippen molar-refractivity contribution in [2.45, 2.75) is 20.3 Å². The van der Waals surface area contributed by atoms with E-state index in [9.17, 15) is 0 Å². The molecular formula is C24H22N2. The summed E-state index contributed by atoms with van der Waals surface area (Å²) < 4.78 is 0. The zero-order valence-corrected chi connectivity index (χ0v) is 15.2. The Labute approximate surface area is 154 Å². The molecule has 0 saturated heterocycles. The monoisotopic (exact) mass is 338 g/mol. The molecule has 0 bridgehead atoms. The van der Waals surface area contributed by atoms with Gasteiger partial charge in [0.2, 0.25) is 0 Å². The molecule has 26 heavy (non-hydrogen) atoms. The Morgan fingerprint density at radius 2 is 1.58 bits per heavy atom. The summed E-state index contributed by atoms with van der Waals surface area (Å²) in [5.41, 5.74) is 8.74. The van der Waals surface area contributed by atoms with Crippen LogP contribution in [0.3, 0.4) is 0 Å². The number of aryl methyl sites for hydroxylation is 1. The molecule has 0 unspecified atom stereocenters. The van der Waals surface area contributed by atoms with E-state index in [-0.39, 0.29) is 0 Å². The maximum absolute atomic E-state index is 4.17. The summed E-state index contributed by atoms with van der Waals surface area (Å²) in [6.45, 7) is 4.36. The van der Waals surface area contributed by atoms with Crippen molar-refractivity contribution in [3.05, 3.63) is 101 Å². The summed E-state index contributed by atoms with van der Waals surface area (Å²) >= 11 is 0. The van der Waals surface area contributed by atoms with E-state index in [0.29, 0.717) is 0 Å². The summed E-state index contributed by atoms with van der Waals surface area (Å²) in [5, 5.41) is 8.34. The van der Waals surface area contributed by atoms with E-state index in [1.165, 1.54) is 33.4 Å². The first-order valence-electron chi connectivity index (χ1n) is 9.05. The molecule has 0 spiro atoms. The molecule has 0 saturated carbocycles. The number of hydrogen-bond acceptors (Lipinski definition) is 1. The highest BCUT2D eigenvalue weighted by atomic mass is 15.1. The molecule has 128 valence electrons. The Balaban J connectivity index is 1.99. The van der Waals surface area contributed by atoms with E-state index in [0.717, 1.165) is 17.3 Å². The van der Waals surface area contributed by atoms with Gasteiger partial charge in [-0.2, -0.15) is 5.10 Å². The average molecular weight is 338 g/mol. The zero-order valence-electron chi connectivity index (χ0n) is 15.2. The third kappa shape index (κ3) is 3.06. The summed E-state index contributed by atoms with van der Waals surface area (Å²) in [6.07, 6.45) is 2.86. The smallest absolute Gasteiger partial charge is 0.0650 e. The quantitative estimate of drug-likeness (QED) is 0.438. The van der Waals surface area contributed by atoms with Crippen LogP contribution in [-0.2, 0) is 0 Å². The lowest BCUT2D eigenvalue weighted by Gasteiger charge is -2.16. The first-order valence-corrected chi connectivity index (χ1v) is 9.05. The van der Waals surface area contributed by atoms with Crippen molar-refractivity contribution in [2.75, 3.05) is 0 Å². The molecule has 0 atom stereocenters. The highest BCUT2D eigenvalue weighted by Gasteiger charge is 2.13. The minimum Gasteiger partial charge on any atom is -0.278 e. The third-order valence-electron chi connectivity index (χ3n) is 4.85. The molecule has 3 aromatic carbocycles. The molecule has 4 aromatic rings. The molecule has 2 nitrogen and oxygen atoms in total. The zero-order chi connectivity index (χ0) is 17.9. The fourth-order valence-corrected chi connectivity index (χ4v) is 3.50. The molecule has 0 aliphatic heterocycles. The van der Waals surface area contributed by atoms with Gasteiger partial charge < -0.3 is 0 Å². The number of aromatic nitrogens is 2. The number of nitrogens with one attached hydrogen (secondary N) is 1. The van der Waals surface area contributed by atoms with Crippen molar-refractivity contribution in [1.29, 1.82) is 0 Å². The van der Waals surface area contributed by atoms with E-state index in [1.807, 2.05) is 6.20 Å². The molecule has 0 fully saturated rings. The van der Waals surface area contributed by atoms with Gasteiger partial charge in [0.05, 0.1) is 11.7 Å². The van der Waals surface area contributed by atoms with Gasteiger partial charge in [0, 0.05) is 5.39 Å². The van der Waals surface area contributed by atoms with Gasteiger partial charge in [-0.05, 0) is 53.3 Å². The number of allylic oxidation sites excluding steroid dienone is 1. The van der Waals surface area contributed by atoms with Gasteiger partial charge in [-0.1, -0.05) is 73.2 Å². The van der Waals surface area contributed by atoms with Crippen LogP contribution in [0, 0.1) is 6.92 Å². The summed E-state index contributed by atoms with van der Waals surface area (Å²) in [6, 6.07) is 26.0. The second-order valence-corrected chi connectivity index (χ2v) is 6.61. The number of aromatic amines is 1. The molecular weight excluding hydrogens is 316 g/mol. The molecule has 0 amide bonds. The van der Waals surface area contributed by atoms with Crippen molar-refractivity contribution in [3.63, 3.8) is 0 Å². The summed E-state index contributed by atoms with van der Waals surface area (Å²) in [7, 11) is 0. The van der Waals surface area contributed by atoms with E-state index < -0.39 is 0 Å². The molecule has 0 aliphatic carbocycles. The van der Waals surface area contributed by atoms with Crippen LogP contribution in [0.1, 0.15) is 35.6 Å². The second-order valence-electron chi connectivity index (χ2n) is 6.61. The predicted octanol–water partition coefficient (Wildman–Crippen LogP) is 6.24. The minimum absolute atomic E-state index is 0.969. The van der Waals surface area contributed by atoms with Gasteiger partial charge in [0.15, 0.2) is 0 Å². The Morgan fingerprint density at radius 1 is 0.846 bits per heavy atom. The fourth-order valence-electron chi connectivity index (χ4n) is 3.50. The standard InChI is InChI=1S/C24H22N2/c1-3-22(18-7-5-4-6-8-18)24(19-11-9-17(2)10-12-19)20-13-14-23-21(15-20)16-25-26-23/h4-16H,3H2,1-2H3,(H,25,26)/b24-22+. The van der Waals surface area contributed by atoms with E-state index in [1.54, 1.807) is 0 Å². The van der Waals surface area contributed by atoms with Crippen LogP contribution in [0.15, 0.2) is 79.0 Å². The predicted molar refractivity (Wildman–Crippen MR) is 110 cm³/mol. The molecule has 0 aliphatic rings. The number of nitrogens with zero attached hydrogens (tertiary/aromatic N) is 1. The Bertz CT molecular complexity index is 1050. The van der Waals surface area contributed by atoms with Crippen molar-refractivity contribution in [2.24, 2.45) is 0 Å². The normalized spacial score (nSPS) is 12.2. The summed E-state index contributed by atoms with van der Waals surface area (Å²) in [5.74, 6) is 0. The summed E-state index contributed by atoms with van der Waals surface area (Å²) in [4.78, 5) is 0. The van der Waals surface area contributed by atoms with Crippen LogP contribution in [-0.4, -0.2) is 10.2 Å². The van der Waals surface area contributed by atoms with Crippen molar-refractivity contribution < 1.29 is 0 Å². The van der Waals surface area contributed by atoms with Gasteiger partial charge in [-0.15, -0.1) is 0 Å². The van der Waals surface area contributed by atoms with Crippen LogP contribution in [0.5, 0.6) is 0 Å². The van der Waals surface area contributed by atoms with E-state index in [4.69, 9.17) is 0 Å². The lowest BCUT2D eigenvalue weighted by molar-refractivity contribution is 1.12. The van der Waals surface area contributed by atoms with Crippen LogP contribution < -0.4 is 0 Å². The van der Waals surface area contributed by atoms with Gasteiger partial charge in [0.25, 0.3) is 0 Å². The minimum atomic E-state index is 0.969. The number of H-pyrrole nitrogens is 1. The SMILES string of the molecule is CC/C(=C(/c1ccc(C)cc1)c1ccc2[nH]ncc2c1)c1ccccc1. The Kier molecular flexibility index (Phi) is 4.40. The topological polar surface area (TPSA) is 28.7 Å². The van der Waals surface area contributed by atoms with Crippen molar-refractivity contribution in [1.82, 2.24) is 10.2 Å². The van der Waals surface area contributed by atoms with E-state index in [2.05, 4.69) is 96.8 Å². The molecule has 1 N–H and O–H groups in total. The third-order valence-corrected chi connectivity index (χ3v) is 4.85. The maximum Gasteiger partial charge on any atom is 0.0650 e. The highest BCUT2D eigenvalue weighted by molar-refractivity contribution is 6.00. The molecule has 1 heterocycles. The second kappa shape index (κ2) is 7.01. The van der Waals surface area contributed by atoms with Gasteiger partial charge in [-0.25, -0.2) is 0 Å². The van der Waals surface area contributed by atoms with Gasteiger partial charge in [0.1, 0.15) is 0 Å². The van der Waals surface area contributed by atoms with Crippen molar-refractivity contribution in [3.8, 4) is 0 Å². The Hall–Kier alpha value is -3.13. The fraction of sp³-hybridized carbons (Fsp3) is 0.125. The first kappa shape index (κ1) is 16.3. The largest absolute Gasteiger partial charge is 0.278 e. The van der Waals surface area contributed by atoms with E-state index >= 15 is 0 Å². The van der Waals surface area contributed by atoms with Gasteiger partial charge >= 0.3 is 0 Å². The number of rotatable bonds is 4. The molecule has 0 radical (unpaired) electrons. The van der Waals surface area contributed by atoms with Crippen LogP contribution in [0.4, 0.5) is 0 Å². The molecule has 2 heteroatoms. The first-order chi connectivity index (χ1) is 12.8.